The Morgan fingerprint density at radius 1 is 1.60 bits per heavy atom. The Bertz CT molecular complexity index is 197. The summed E-state index contributed by atoms with van der Waals surface area (Å²) in [4.78, 5) is 9.75. The zero-order chi connectivity index (χ0) is 8.20. The lowest BCUT2D eigenvalue weighted by atomic mass is 10.4. The van der Waals surface area contributed by atoms with Gasteiger partial charge in [0, 0.05) is 0 Å². The lowest BCUT2D eigenvalue weighted by Gasteiger charge is -2.07. The van der Waals surface area contributed by atoms with Crippen molar-refractivity contribution in [1.29, 1.82) is 0 Å². The first-order valence-electron chi connectivity index (χ1n) is 2.99. The normalized spacial score (nSPS) is 14.2. The number of rotatable bonds is 4. The third-order valence-corrected chi connectivity index (χ3v) is 3.13. The fourth-order valence-electron chi connectivity index (χ4n) is 0.403. The molecule has 0 rings (SSSR count). The van der Waals surface area contributed by atoms with Crippen molar-refractivity contribution >= 4 is 16.4 Å². The van der Waals surface area contributed by atoms with E-state index in [2.05, 4.69) is 0 Å². The van der Waals surface area contributed by atoms with Crippen LogP contribution in [0.15, 0.2) is 0 Å². The van der Waals surface area contributed by atoms with E-state index < -0.39 is 15.3 Å². The van der Waals surface area contributed by atoms with Gasteiger partial charge in [-0.3, -0.25) is 9.52 Å². The van der Waals surface area contributed by atoms with E-state index in [0.29, 0.717) is 6.42 Å². The molecule has 5 heteroatoms. The fraction of sp³-hybridized carbons (Fsp3) is 0.800. The standard InChI is InChI=1S/C5H11NO3S/c1-3-5(2)10(8,9)6-4-7/h4-5H,3H2,1-2H3,(H,6,7). The van der Waals surface area contributed by atoms with Crippen molar-refractivity contribution in [2.75, 3.05) is 0 Å². The first kappa shape index (κ1) is 9.42. The van der Waals surface area contributed by atoms with Gasteiger partial charge in [0.15, 0.2) is 0 Å². The van der Waals surface area contributed by atoms with Gasteiger partial charge in [-0.15, -0.1) is 0 Å². The molecule has 0 saturated carbocycles. The van der Waals surface area contributed by atoms with Crippen LogP contribution in [0.25, 0.3) is 0 Å². The Hall–Kier alpha value is -0.580. The predicted octanol–water partition coefficient (Wildman–Crippen LogP) is -0.139. The average molecular weight is 165 g/mol. The number of hydrogen-bond donors (Lipinski definition) is 1. The molecule has 0 fully saturated rings. The second-order valence-electron chi connectivity index (χ2n) is 2.00. The average Bonchev–Trinajstić information content (AvgIpc) is 1.86. The van der Waals surface area contributed by atoms with Crippen molar-refractivity contribution < 1.29 is 13.2 Å². The second kappa shape index (κ2) is 3.55. The van der Waals surface area contributed by atoms with Crippen LogP contribution in [0, 0.1) is 0 Å². The van der Waals surface area contributed by atoms with Crippen molar-refractivity contribution in [3.63, 3.8) is 0 Å². The molecule has 0 heterocycles. The van der Waals surface area contributed by atoms with Crippen molar-refractivity contribution in [1.82, 2.24) is 4.72 Å². The summed E-state index contributed by atoms with van der Waals surface area (Å²) in [6.45, 7) is 3.29. The van der Waals surface area contributed by atoms with Crippen LogP contribution in [0.1, 0.15) is 20.3 Å². The number of sulfonamides is 1. The first-order chi connectivity index (χ1) is 4.54. The molecule has 0 aromatic heterocycles. The van der Waals surface area contributed by atoms with E-state index in [1.54, 1.807) is 18.6 Å². The van der Waals surface area contributed by atoms with Crippen LogP contribution in [-0.4, -0.2) is 20.1 Å². The first-order valence-corrected chi connectivity index (χ1v) is 4.54. The number of hydrogen-bond acceptors (Lipinski definition) is 3. The van der Waals surface area contributed by atoms with Crippen LogP contribution in [0.4, 0.5) is 0 Å². The van der Waals surface area contributed by atoms with Crippen LogP contribution in [0.3, 0.4) is 0 Å². The van der Waals surface area contributed by atoms with Gasteiger partial charge in [0.05, 0.1) is 5.25 Å². The summed E-state index contributed by atoms with van der Waals surface area (Å²) in [5, 5.41) is -0.502. The molecule has 0 aromatic carbocycles. The van der Waals surface area contributed by atoms with Crippen molar-refractivity contribution in [3.8, 4) is 0 Å². The Morgan fingerprint density at radius 3 is 2.40 bits per heavy atom. The molecule has 1 unspecified atom stereocenters. The lowest BCUT2D eigenvalue weighted by molar-refractivity contribution is -0.108. The molecule has 0 radical (unpaired) electrons. The minimum absolute atomic E-state index is 0.182. The van der Waals surface area contributed by atoms with E-state index in [9.17, 15) is 13.2 Å². The SMILES string of the molecule is CCC(C)S(=O)(=O)NC=O. The van der Waals surface area contributed by atoms with E-state index in [-0.39, 0.29) is 6.41 Å². The largest absolute Gasteiger partial charge is 0.278 e. The maximum atomic E-state index is 10.8. The van der Waals surface area contributed by atoms with Gasteiger partial charge in [-0.1, -0.05) is 6.92 Å². The predicted molar refractivity (Wildman–Crippen MR) is 37.9 cm³/mol. The molecule has 0 aliphatic heterocycles. The van der Waals surface area contributed by atoms with Gasteiger partial charge in [0.1, 0.15) is 0 Å². The molecular formula is C5H11NO3S. The molecule has 0 bridgehead atoms. The smallest absolute Gasteiger partial charge is 0.237 e. The Labute approximate surface area is 60.7 Å². The van der Waals surface area contributed by atoms with Gasteiger partial charge in [0.25, 0.3) is 0 Å². The van der Waals surface area contributed by atoms with E-state index in [1.165, 1.54) is 0 Å². The minimum Gasteiger partial charge on any atom is -0.278 e. The summed E-state index contributed by atoms with van der Waals surface area (Å²) in [5.74, 6) is 0. The summed E-state index contributed by atoms with van der Waals surface area (Å²) >= 11 is 0. The van der Waals surface area contributed by atoms with Gasteiger partial charge >= 0.3 is 0 Å². The molecule has 4 nitrogen and oxygen atoms in total. The molecule has 0 spiro atoms. The lowest BCUT2D eigenvalue weighted by Crippen LogP contribution is -2.30. The van der Waals surface area contributed by atoms with Gasteiger partial charge in [-0.2, -0.15) is 0 Å². The molecular weight excluding hydrogens is 154 g/mol. The highest BCUT2D eigenvalue weighted by atomic mass is 32.2. The maximum Gasteiger partial charge on any atom is 0.237 e. The number of carbonyl (C=O) groups excluding carboxylic acids is 1. The molecule has 1 N–H and O–H groups in total. The van der Waals surface area contributed by atoms with Crippen molar-refractivity contribution in [2.45, 2.75) is 25.5 Å². The van der Waals surface area contributed by atoms with Crippen LogP contribution >= 0.6 is 0 Å². The zero-order valence-corrected chi connectivity index (χ0v) is 6.81. The third kappa shape index (κ3) is 2.34. The van der Waals surface area contributed by atoms with E-state index >= 15 is 0 Å². The number of carbonyl (C=O) groups is 1. The molecule has 1 amide bonds. The topological polar surface area (TPSA) is 63.2 Å². The molecule has 60 valence electrons. The second-order valence-corrected chi connectivity index (χ2v) is 4.13. The van der Waals surface area contributed by atoms with Crippen LogP contribution in [0.2, 0.25) is 0 Å². The van der Waals surface area contributed by atoms with Gasteiger partial charge in [0.2, 0.25) is 16.4 Å². The minimum atomic E-state index is -3.38. The van der Waals surface area contributed by atoms with E-state index in [4.69, 9.17) is 0 Å². The summed E-state index contributed by atoms with van der Waals surface area (Å²) in [6.07, 6.45) is 0.685. The highest BCUT2D eigenvalue weighted by Crippen LogP contribution is 2.00. The highest BCUT2D eigenvalue weighted by molar-refractivity contribution is 7.90. The van der Waals surface area contributed by atoms with E-state index in [0.717, 1.165) is 0 Å². The summed E-state index contributed by atoms with van der Waals surface area (Å²) in [6, 6.07) is 0. The van der Waals surface area contributed by atoms with Crippen LogP contribution in [-0.2, 0) is 14.8 Å². The van der Waals surface area contributed by atoms with Crippen molar-refractivity contribution in [2.24, 2.45) is 0 Å². The maximum absolute atomic E-state index is 10.8. The summed E-state index contributed by atoms with van der Waals surface area (Å²) in [7, 11) is -3.38. The summed E-state index contributed by atoms with van der Waals surface area (Å²) < 4.78 is 23.4. The monoisotopic (exact) mass is 165 g/mol. The van der Waals surface area contributed by atoms with E-state index in [1.807, 2.05) is 0 Å². The zero-order valence-electron chi connectivity index (χ0n) is 5.99. The van der Waals surface area contributed by atoms with Crippen molar-refractivity contribution in [3.05, 3.63) is 0 Å². The van der Waals surface area contributed by atoms with Gasteiger partial charge < -0.3 is 0 Å². The Kier molecular flexibility index (Phi) is 3.35. The highest BCUT2D eigenvalue weighted by Gasteiger charge is 2.16. The number of amides is 1. The summed E-state index contributed by atoms with van der Waals surface area (Å²) in [5.41, 5.74) is 0. The van der Waals surface area contributed by atoms with Gasteiger partial charge in [-0.05, 0) is 13.3 Å². The van der Waals surface area contributed by atoms with Crippen LogP contribution in [0.5, 0.6) is 0 Å². The van der Waals surface area contributed by atoms with Crippen LogP contribution < -0.4 is 4.72 Å². The van der Waals surface area contributed by atoms with Gasteiger partial charge in [-0.25, -0.2) is 8.42 Å². The quantitative estimate of drug-likeness (QED) is 0.590. The number of nitrogens with one attached hydrogen (secondary N) is 1. The molecule has 10 heavy (non-hydrogen) atoms. The molecule has 0 aromatic rings. The molecule has 0 saturated heterocycles. The Morgan fingerprint density at radius 2 is 2.10 bits per heavy atom. The molecule has 1 atom stereocenters. The third-order valence-electron chi connectivity index (χ3n) is 1.32. The Balaban J connectivity index is 4.25. The molecule has 0 aliphatic rings. The molecule has 0 aliphatic carbocycles. The fourth-order valence-corrected chi connectivity index (χ4v) is 1.21.